The van der Waals surface area contributed by atoms with Gasteiger partial charge in [0.15, 0.2) is 0 Å². The molecule has 0 bridgehead atoms. The number of benzene rings is 1. The molecule has 0 radical (unpaired) electrons. The first-order valence-electron chi connectivity index (χ1n) is 8.31. The fourth-order valence-corrected chi connectivity index (χ4v) is 3.72. The predicted octanol–water partition coefficient (Wildman–Crippen LogP) is 1.96. The lowest BCUT2D eigenvalue weighted by atomic mass is 9.86. The van der Waals surface area contributed by atoms with Gasteiger partial charge in [0.05, 0.1) is 5.88 Å². The van der Waals surface area contributed by atoms with Crippen LogP contribution in [0.3, 0.4) is 0 Å². The summed E-state index contributed by atoms with van der Waals surface area (Å²) >= 11 is 1.61. The van der Waals surface area contributed by atoms with Crippen molar-refractivity contribution < 1.29 is 9.59 Å². The Bertz CT molecular complexity index is 581. The lowest BCUT2D eigenvalue weighted by Gasteiger charge is -2.24. The van der Waals surface area contributed by atoms with E-state index in [0.29, 0.717) is 30.3 Å². The molecule has 0 aliphatic carbocycles. The van der Waals surface area contributed by atoms with E-state index in [1.165, 1.54) is 5.56 Å². The monoisotopic (exact) mass is 349 g/mol. The first kappa shape index (κ1) is 18.8. The lowest BCUT2D eigenvalue weighted by Crippen LogP contribution is -2.47. The molecule has 1 heterocycles. The molecule has 0 spiro atoms. The Morgan fingerprint density at radius 3 is 2.54 bits per heavy atom. The second-order valence-corrected chi connectivity index (χ2v) is 8.05. The topological polar surface area (TPSA) is 75.4 Å². The van der Waals surface area contributed by atoms with Crippen molar-refractivity contribution in [2.75, 3.05) is 24.7 Å². The fourth-order valence-electron chi connectivity index (χ4n) is 2.57. The van der Waals surface area contributed by atoms with Gasteiger partial charge >= 0.3 is 0 Å². The standard InChI is InChI=1S/C18H27N3O2S/c1-18(2,3)14-7-5-13(6-8-14)17(23)21-12-24-11-15(21)16(22)20-10-4-9-19/h5-8,15H,4,9-12,19H2,1-3H3,(H,20,22). The second kappa shape index (κ2) is 8.03. The highest BCUT2D eigenvalue weighted by Crippen LogP contribution is 2.25. The molecule has 2 rings (SSSR count). The van der Waals surface area contributed by atoms with Gasteiger partial charge in [0.1, 0.15) is 6.04 Å². The Morgan fingerprint density at radius 1 is 1.29 bits per heavy atom. The van der Waals surface area contributed by atoms with Crippen molar-refractivity contribution in [1.82, 2.24) is 10.2 Å². The van der Waals surface area contributed by atoms with Crippen LogP contribution in [0.25, 0.3) is 0 Å². The quantitative estimate of drug-likeness (QED) is 0.797. The highest BCUT2D eigenvalue weighted by atomic mass is 32.2. The molecular formula is C18H27N3O2S. The number of nitrogens with two attached hydrogens (primary N) is 1. The first-order valence-corrected chi connectivity index (χ1v) is 9.47. The van der Waals surface area contributed by atoms with E-state index in [1.54, 1.807) is 16.7 Å². The van der Waals surface area contributed by atoms with Crippen molar-refractivity contribution in [3.8, 4) is 0 Å². The van der Waals surface area contributed by atoms with Crippen LogP contribution in [0.4, 0.5) is 0 Å². The molecule has 24 heavy (non-hydrogen) atoms. The van der Waals surface area contributed by atoms with E-state index < -0.39 is 6.04 Å². The maximum absolute atomic E-state index is 12.8. The number of rotatable bonds is 5. The van der Waals surface area contributed by atoms with Crippen LogP contribution in [0.5, 0.6) is 0 Å². The van der Waals surface area contributed by atoms with Crippen LogP contribution in [-0.4, -0.2) is 47.5 Å². The molecule has 1 aromatic rings. The number of hydrogen-bond donors (Lipinski definition) is 2. The minimum absolute atomic E-state index is 0.0521. The smallest absolute Gasteiger partial charge is 0.255 e. The molecule has 132 valence electrons. The summed E-state index contributed by atoms with van der Waals surface area (Å²) < 4.78 is 0. The molecule has 1 atom stereocenters. The van der Waals surface area contributed by atoms with Crippen LogP contribution in [-0.2, 0) is 10.2 Å². The number of amides is 2. The third kappa shape index (κ3) is 4.51. The highest BCUT2D eigenvalue weighted by molar-refractivity contribution is 7.99. The number of carbonyl (C=O) groups excluding carboxylic acids is 2. The third-order valence-corrected chi connectivity index (χ3v) is 5.14. The summed E-state index contributed by atoms with van der Waals surface area (Å²) in [4.78, 5) is 26.7. The molecule has 5 nitrogen and oxygen atoms in total. The first-order chi connectivity index (χ1) is 11.3. The maximum atomic E-state index is 12.8. The van der Waals surface area contributed by atoms with Crippen LogP contribution in [0, 0.1) is 0 Å². The summed E-state index contributed by atoms with van der Waals surface area (Å²) in [5.74, 6) is 1.02. The Balaban J connectivity index is 2.06. The molecule has 1 aliphatic heterocycles. The minimum Gasteiger partial charge on any atom is -0.354 e. The van der Waals surface area contributed by atoms with Gasteiger partial charge < -0.3 is 16.0 Å². The van der Waals surface area contributed by atoms with Crippen molar-refractivity contribution in [2.45, 2.75) is 38.6 Å². The molecule has 1 fully saturated rings. The zero-order valence-electron chi connectivity index (χ0n) is 14.7. The summed E-state index contributed by atoms with van der Waals surface area (Å²) in [5, 5.41) is 2.86. The molecule has 1 aromatic carbocycles. The Labute approximate surface area is 148 Å². The van der Waals surface area contributed by atoms with Crippen molar-refractivity contribution in [2.24, 2.45) is 5.73 Å². The lowest BCUT2D eigenvalue weighted by molar-refractivity contribution is -0.124. The van der Waals surface area contributed by atoms with Crippen molar-refractivity contribution in [3.05, 3.63) is 35.4 Å². The van der Waals surface area contributed by atoms with Crippen molar-refractivity contribution >= 4 is 23.6 Å². The van der Waals surface area contributed by atoms with Gasteiger partial charge in [-0.25, -0.2) is 0 Å². The van der Waals surface area contributed by atoms with Gasteiger partial charge in [0.25, 0.3) is 5.91 Å². The van der Waals surface area contributed by atoms with E-state index in [9.17, 15) is 9.59 Å². The molecule has 0 saturated carbocycles. The molecule has 2 amide bonds. The molecule has 6 heteroatoms. The highest BCUT2D eigenvalue weighted by Gasteiger charge is 2.34. The SMILES string of the molecule is CC(C)(C)c1ccc(C(=O)N2CSCC2C(=O)NCCCN)cc1. The minimum atomic E-state index is -0.400. The van der Waals surface area contributed by atoms with Crippen molar-refractivity contribution in [3.63, 3.8) is 0 Å². The average Bonchev–Trinajstić information content (AvgIpc) is 3.03. The van der Waals surface area contributed by atoms with Gasteiger partial charge in [0, 0.05) is 17.9 Å². The number of nitrogens with one attached hydrogen (secondary N) is 1. The van der Waals surface area contributed by atoms with Crippen LogP contribution in [0.1, 0.15) is 43.1 Å². The molecule has 1 unspecified atom stereocenters. The van der Waals surface area contributed by atoms with Crippen LogP contribution in [0.15, 0.2) is 24.3 Å². The Morgan fingerprint density at radius 2 is 1.96 bits per heavy atom. The van der Waals surface area contributed by atoms with Gasteiger partial charge in [0.2, 0.25) is 5.91 Å². The van der Waals surface area contributed by atoms with E-state index >= 15 is 0 Å². The van der Waals surface area contributed by atoms with Gasteiger partial charge in [-0.05, 0) is 36.1 Å². The van der Waals surface area contributed by atoms with Gasteiger partial charge in [-0.15, -0.1) is 11.8 Å². The Kier molecular flexibility index (Phi) is 6.29. The summed E-state index contributed by atoms with van der Waals surface area (Å²) in [7, 11) is 0. The van der Waals surface area contributed by atoms with Crippen LogP contribution >= 0.6 is 11.8 Å². The average molecular weight is 350 g/mol. The Hall–Kier alpha value is -1.53. The maximum Gasteiger partial charge on any atom is 0.255 e. The third-order valence-electron chi connectivity index (χ3n) is 4.12. The van der Waals surface area contributed by atoms with Gasteiger partial charge in [-0.3, -0.25) is 9.59 Å². The molecular weight excluding hydrogens is 322 g/mol. The summed E-state index contributed by atoms with van der Waals surface area (Å²) in [6.45, 7) is 7.52. The van der Waals surface area contributed by atoms with Gasteiger partial charge in [-0.1, -0.05) is 32.9 Å². The summed E-state index contributed by atoms with van der Waals surface area (Å²) in [5.41, 5.74) is 7.31. The number of hydrogen-bond acceptors (Lipinski definition) is 4. The fraction of sp³-hybridized carbons (Fsp3) is 0.556. The second-order valence-electron chi connectivity index (χ2n) is 7.05. The molecule has 0 aromatic heterocycles. The molecule has 1 aliphatic rings. The van der Waals surface area contributed by atoms with Gasteiger partial charge in [-0.2, -0.15) is 0 Å². The summed E-state index contributed by atoms with van der Waals surface area (Å²) in [6.07, 6.45) is 0.744. The van der Waals surface area contributed by atoms with E-state index in [-0.39, 0.29) is 17.2 Å². The predicted molar refractivity (Wildman–Crippen MR) is 99.1 cm³/mol. The van der Waals surface area contributed by atoms with Crippen LogP contribution in [0.2, 0.25) is 0 Å². The van der Waals surface area contributed by atoms with E-state index in [0.717, 1.165) is 6.42 Å². The van der Waals surface area contributed by atoms with Crippen molar-refractivity contribution in [1.29, 1.82) is 0 Å². The van der Waals surface area contributed by atoms with Crippen LogP contribution < -0.4 is 11.1 Å². The van der Waals surface area contributed by atoms with E-state index in [4.69, 9.17) is 5.73 Å². The summed E-state index contributed by atoms with van der Waals surface area (Å²) in [6, 6.07) is 7.30. The zero-order valence-corrected chi connectivity index (χ0v) is 15.5. The normalized spacial score (nSPS) is 17.8. The largest absolute Gasteiger partial charge is 0.354 e. The number of nitrogens with zero attached hydrogens (tertiary/aromatic N) is 1. The van der Waals surface area contributed by atoms with E-state index in [1.807, 2.05) is 24.3 Å². The van der Waals surface area contributed by atoms with E-state index in [2.05, 4.69) is 26.1 Å². The number of carbonyl (C=O) groups is 2. The number of thioether (sulfide) groups is 1. The zero-order chi connectivity index (χ0) is 17.7. The molecule has 3 N–H and O–H groups in total. The molecule has 1 saturated heterocycles.